The minimum atomic E-state index is -1.34. The molecule has 2 unspecified atom stereocenters. The zero-order valence-corrected chi connectivity index (χ0v) is 20.9. The minimum absolute atomic E-state index is 0.0364. The lowest BCUT2D eigenvalue weighted by molar-refractivity contribution is -0.146. The van der Waals surface area contributed by atoms with Gasteiger partial charge in [0.1, 0.15) is 29.9 Å². The zero-order valence-electron chi connectivity index (χ0n) is 20.1. The monoisotopic (exact) mass is 524 g/mol. The van der Waals surface area contributed by atoms with Gasteiger partial charge in [-0.3, -0.25) is 0 Å². The van der Waals surface area contributed by atoms with E-state index < -0.39 is 17.7 Å². The molecule has 0 amide bonds. The van der Waals surface area contributed by atoms with Crippen LogP contribution in [-0.2, 0) is 21.6 Å². The lowest BCUT2D eigenvalue weighted by Gasteiger charge is -2.37. The molecule has 192 valence electrons. The SMILES string of the molecule is CC(SC1COC(/C=C/C=C/c2ccc(C#N)cc2F)OC1)C(O)(Cn1cncn1)c1ccc(F)cc1. The number of hydrogen-bond donors (Lipinski definition) is 1. The summed E-state index contributed by atoms with van der Waals surface area (Å²) in [6.45, 7) is 2.87. The Kier molecular flexibility index (Phi) is 8.84. The third-order valence-corrected chi connectivity index (χ3v) is 7.42. The Morgan fingerprint density at radius 3 is 2.62 bits per heavy atom. The fourth-order valence-corrected chi connectivity index (χ4v) is 5.22. The second-order valence-electron chi connectivity index (χ2n) is 8.55. The number of ether oxygens (including phenoxy) is 2. The van der Waals surface area contributed by atoms with Crippen LogP contribution in [0.25, 0.3) is 6.08 Å². The standard InChI is InChI=1S/C27H26F2N4O3S/c1-19(27(34,16-33-18-31-17-32-33)22-8-10-23(28)11-9-22)37-24-14-35-26(36-15-24)5-3-2-4-21-7-6-20(13-30)12-25(21)29/h2-12,17-19,24,26,34H,14-16H2,1H3/b4-2+,5-3+. The van der Waals surface area contributed by atoms with Crippen molar-refractivity contribution in [3.63, 3.8) is 0 Å². The van der Waals surface area contributed by atoms with Gasteiger partial charge in [-0.2, -0.15) is 10.4 Å². The van der Waals surface area contributed by atoms with E-state index in [1.807, 2.05) is 13.0 Å². The van der Waals surface area contributed by atoms with Gasteiger partial charge in [0.2, 0.25) is 0 Å². The van der Waals surface area contributed by atoms with Gasteiger partial charge in [0.05, 0.1) is 36.6 Å². The molecule has 1 aliphatic rings. The highest BCUT2D eigenvalue weighted by Crippen LogP contribution is 2.37. The zero-order chi connectivity index (χ0) is 26.3. The summed E-state index contributed by atoms with van der Waals surface area (Å²) >= 11 is 1.52. The van der Waals surface area contributed by atoms with Crippen LogP contribution in [0.4, 0.5) is 8.78 Å². The number of rotatable bonds is 9. The number of nitriles is 1. The van der Waals surface area contributed by atoms with Gasteiger partial charge < -0.3 is 14.6 Å². The molecular weight excluding hydrogens is 498 g/mol. The van der Waals surface area contributed by atoms with Gasteiger partial charge in [-0.25, -0.2) is 18.4 Å². The summed E-state index contributed by atoms with van der Waals surface area (Å²) in [6.07, 6.45) is 9.09. The van der Waals surface area contributed by atoms with Gasteiger partial charge in [-0.15, -0.1) is 11.8 Å². The van der Waals surface area contributed by atoms with Crippen molar-refractivity contribution < 1.29 is 23.4 Å². The largest absolute Gasteiger partial charge is 0.382 e. The Morgan fingerprint density at radius 1 is 1.22 bits per heavy atom. The Balaban J connectivity index is 1.33. The predicted molar refractivity (Wildman–Crippen MR) is 136 cm³/mol. The molecule has 37 heavy (non-hydrogen) atoms. The third-order valence-electron chi connectivity index (χ3n) is 5.96. The van der Waals surface area contributed by atoms with Crippen LogP contribution in [0.15, 0.2) is 73.3 Å². The average molecular weight is 525 g/mol. The number of aliphatic hydroxyl groups is 1. The van der Waals surface area contributed by atoms with Crippen molar-refractivity contribution in [3.8, 4) is 6.07 Å². The third kappa shape index (κ3) is 6.90. The van der Waals surface area contributed by atoms with E-state index in [1.54, 1.807) is 53.3 Å². The van der Waals surface area contributed by atoms with Gasteiger partial charge in [0.15, 0.2) is 6.29 Å². The van der Waals surface area contributed by atoms with E-state index in [0.29, 0.717) is 24.3 Å². The van der Waals surface area contributed by atoms with E-state index >= 15 is 0 Å². The molecule has 2 aromatic carbocycles. The molecule has 1 aromatic heterocycles. The normalized spacial score (nSPS) is 20.6. The molecule has 0 spiro atoms. The number of allylic oxidation sites excluding steroid dienone is 2. The Hall–Kier alpha value is -3.36. The van der Waals surface area contributed by atoms with Crippen LogP contribution in [0.3, 0.4) is 0 Å². The quantitative estimate of drug-likeness (QED) is 0.414. The lowest BCUT2D eigenvalue weighted by atomic mass is 9.90. The molecule has 7 nitrogen and oxygen atoms in total. The summed E-state index contributed by atoms with van der Waals surface area (Å²) in [6, 6.07) is 12.0. The fourth-order valence-electron chi connectivity index (χ4n) is 3.89. The first-order valence-corrected chi connectivity index (χ1v) is 12.6. The highest BCUT2D eigenvalue weighted by molar-refractivity contribution is 8.00. The van der Waals surface area contributed by atoms with Gasteiger partial charge in [-0.05, 0) is 35.9 Å². The Bertz CT molecular complexity index is 1270. The second kappa shape index (κ2) is 12.3. The summed E-state index contributed by atoms with van der Waals surface area (Å²) in [7, 11) is 0. The molecule has 0 aliphatic carbocycles. The van der Waals surface area contributed by atoms with Crippen LogP contribution in [0, 0.1) is 23.0 Å². The number of hydrogen-bond acceptors (Lipinski definition) is 7. The molecule has 2 heterocycles. The molecule has 1 fully saturated rings. The molecule has 1 saturated heterocycles. The van der Waals surface area contributed by atoms with E-state index in [2.05, 4.69) is 10.1 Å². The van der Waals surface area contributed by atoms with E-state index in [0.717, 1.165) is 0 Å². The summed E-state index contributed by atoms with van der Waals surface area (Å²) in [5, 5.41) is 24.3. The number of nitrogens with zero attached hydrogens (tertiary/aromatic N) is 4. The van der Waals surface area contributed by atoms with Crippen molar-refractivity contribution in [2.24, 2.45) is 0 Å². The molecular formula is C27H26F2N4O3S. The van der Waals surface area contributed by atoms with Gasteiger partial charge in [0.25, 0.3) is 0 Å². The number of halogens is 2. The molecule has 2 atom stereocenters. The van der Waals surface area contributed by atoms with Crippen LogP contribution in [0.2, 0.25) is 0 Å². The van der Waals surface area contributed by atoms with Crippen molar-refractivity contribution in [1.82, 2.24) is 14.8 Å². The molecule has 1 N–H and O–H groups in total. The summed E-state index contributed by atoms with van der Waals surface area (Å²) < 4.78 is 40.6. The molecule has 0 radical (unpaired) electrons. The number of thioether (sulfide) groups is 1. The molecule has 0 bridgehead atoms. The van der Waals surface area contributed by atoms with Crippen molar-refractivity contribution in [1.29, 1.82) is 5.26 Å². The highest BCUT2D eigenvalue weighted by Gasteiger charge is 2.39. The lowest BCUT2D eigenvalue weighted by Crippen LogP contribution is -2.43. The average Bonchev–Trinajstić information content (AvgIpc) is 3.41. The van der Waals surface area contributed by atoms with Crippen LogP contribution >= 0.6 is 11.8 Å². The van der Waals surface area contributed by atoms with Crippen LogP contribution < -0.4 is 0 Å². The molecule has 10 heteroatoms. The summed E-state index contributed by atoms with van der Waals surface area (Å²) in [5.41, 5.74) is -0.119. The topological polar surface area (TPSA) is 93.2 Å². The van der Waals surface area contributed by atoms with E-state index in [1.165, 1.54) is 42.6 Å². The van der Waals surface area contributed by atoms with Gasteiger partial charge in [0, 0.05) is 10.8 Å². The maximum absolute atomic E-state index is 14.0. The van der Waals surface area contributed by atoms with Crippen LogP contribution in [0.5, 0.6) is 0 Å². The second-order valence-corrected chi connectivity index (χ2v) is 10.2. The number of aromatic nitrogens is 3. The number of benzene rings is 2. The maximum Gasteiger partial charge on any atom is 0.177 e. The smallest absolute Gasteiger partial charge is 0.177 e. The van der Waals surface area contributed by atoms with Gasteiger partial charge >= 0.3 is 0 Å². The summed E-state index contributed by atoms with van der Waals surface area (Å²) in [4.78, 5) is 3.95. The Labute approximate surface area is 218 Å². The highest BCUT2D eigenvalue weighted by atomic mass is 32.2. The maximum atomic E-state index is 14.0. The first kappa shape index (κ1) is 26.7. The Morgan fingerprint density at radius 2 is 1.97 bits per heavy atom. The fraction of sp³-hybridized carbons (Fsp3) is 0.296. The molecule has 3 aromatic rings. The van der Waals surface area contributed by atoms with Crippen LogP contribution in [0.1, 0.15) is 23.6 Å². The first-order valence-electron chi connectivity index (χ1n) is 11.6. The molecule has 0 saturated carbocycles. The van der Waals surface area contributed by atoms with Crippen LogP contribution in [-0.4, -0.2) is 49.9 Å². The molecule has 4 rings (SSSR count). The van der Waals surface area contributed by atoms with Crippen molar-refractivity contribution in [2.75, 3.05) is 13.2 Å². The molecule has 1 aliphatic heterocycles. The van der Waals surface area contributed by atoms with Crippen molar-refractivity contribution in [3.05, 3.63) is 102 Å². The van der Waals surface area contributed by atoms with E-state index in [-0.39, 0.29) is 28.4 Å². The van der Waals surface area contributed by atoms with Crippen molar-refractivity contribution >= 4 is 17.8 Å². The minimum Gasteiger partial charge on any atom is -0.382 e. The van der Waals surface area contributed by atoms with Crippen molar-refractivity contribution in [2.45, 2.75) is 35.9 Å². The van der Waals surface area contributed by atoms with E-state index in [9.17, 15) is 13.9 Å². The van der Waals surface area contributed by atoms with Gasteiger partial charge in [-0.1, -0.05) is 43.4 Å². The predicted octanol–water partition coefficient (Wildman–Crippen LogP) is 4.45. The first-order chi connectivity index (χ1) is 17.9. The summed E-state index contributed by atoms with van der Waals surface area (Å²) in [5.74, 6) is -0.843. The van der Waals surface area contributed by atoms with E-state index in [4.69, 9.17) is 14.7 Å².